The molecule has 1 saturated carbocycles. The Bertz CT molecular complexity index is 1050. The number of rotatable bonds is 6. The van der Waals surface area contributed by atoms with Gasteiger partial charge in [-0.1, -0.05) is 38.1 Å². The molecule has 172 valence electrons. The first-order valence-electron chi connectivity index (χ1n) is 11.2. The van der Waals surface area contributed by atoms with E-state index in [1.807, 2.05) is 0 Å². The zero-order valence-corrected chi connectivity index (χ0v) is 18.4. The summed E-state index contributed by atoms with van der Waals surface area (Å²) in [6, 6.07) is 8.60. The van der Waals surface area contributed by atoms with Crippen molar-refractivity contribution in [3.8, 4) is 11.1 Å². The van der Waals surface area contributed by atoms with Gasteiger partial charge in [0.25, 0.3) is 0 Å². The van der Waals surface area contributed by atoms with E-state index in [0.29, 0.717) is 11.6 Å². The largest absolute Gasteiger partial charge is 0.393 e. The van der Waals surface area contributed by atoms with Crippen molar-refractivity contribution < 1.29 is 18.3 Å². The molecule has 1 aliphatic rings. The normalized spacial score (nSPS) is 19.6. The maximum absolute atomic E-state index is 12.5. The van der Waals surface area contributed by atoms with Crippen LogP contribution in [0.25, 0.3) is 22.2 Å². The van der Waals surface area contributed by atoms with Gasteiger partial charge >= 0.3 is 6.18 Å². The number of hydrogen-bond donors (Lipinski definition) is 2. The molecule has 0 radical (unpaired) electrons. The lowest BCUT2D eigenvalue weighted by atomic mass is 9.93. The van der Waals surface area contributed by atoms with E-state index in [1.165, 1.54) is 5.56 Å². The Balaban J connectivity index is 1.70. The minimum Gasteiger partial charge on any atom is -0.393 e. The van der Waals surface area contributed by atoms with Gasteiger partial charge in [0, 0.05) is 35.9 Å². The third-order valence-electron chi connectivity index (χ3n) is 6.21. The number of anilines is 1. The molecule has 8 heteroatoms. The molecule has 2 N–H and O–H groups in total. The fourth-order valence-corrected chi connectivity index (χ4v) is 4.32. The van der Waals surface area contributed by atoms with Gasteiger partial charge in [-0.15, -0.1) is 0 Å². The second-order valence-electron chi connectivity index (χ2n) is 8.91. The Morgan fingerprint density at radius 1 is 1.12 bits per heavy atom. The third kappa shape index (κ3) is 5.06. The lowest BCUT2D eigenvalue weighted by Crippen LogP contribution is -2.21. The Labute approximate surface area is 185 Å². The standard InChI is InChI=1S/C24H29F3N4O/c1-15(2)16-3-5-17(6-4-16)21-14-31(18-7-9-19(32)10-8-18)22-20(21)13-29-23(30-22)28-12-11-24(25,26)27/h3-6,13-15,18-19,32H,7-12H2,1-2H3,(H,28,29,30). The highest BCUT2D eigenvalue weighted by atomic mass is 19.4. The summed E-state index contributed by atoms with van der Waals surface area (Å²) in [6.07, 6.45) is 1.44. The quantitative estimate of drug-likeness (QED) is 0.483. The van der Waals surface area contributed by atoms with Crippen LogP contribution in [0.3, 0.4) is 0 Å². The number of aliphatic hydroxyl groups excluding tert-OH is 1. The number of nitrogens with zero attached hydrogens (tertiary/aromatic N) is 3. The van der Waals surface area contributed by atoms with Crippen molar-refractivity contribution in [2.24, 2.45) is 0 Å². The van der Waals surface area contributed by atoms with Crippen LogP contribution in [0, 0.1) is 0 Å². The van der Waals surface area contributed by atoms with Crippen molar-refractivity contribution in [1.29, 1.82) is 0 Å². The van der Waals surface area contributed by atoms with E-state index in [9.17, 15) is 18.3 Å². The minimum absolute atomic E-state index is 0.183. The number of halogens is 3. The molecular weight excluding hydrogens is 417 g/mol. The molecular formula is C24H29F3N4O. The topological polar surface area (TPSA) is 63.0 Å². The predicted octanol–water partition coefficient (Wildman–Crippen LogP) is 6.06. The molecule has 0 aliphatic heterocycles. The first-order chi connectivity index (χ1) is 15.2. The summed E-state index contributed by atoms with van der Waals surface area (Å²) in [5.74, 6) is 0.631. The fourth-order valence-electron chi connectivity index (χ4n) is 4.32. The maximum Gasteiger partial charge on any atom is 0.390 e. The summed E-state index contributed by atoms with van der Waals surface area (Å²) in [5, 5.41) is 13.5. The Morgan fingerprint density at radius 3 is 2.44 bits per heavy atom. The molecule has 3 aromatic rings. The van der Waals surface area contributed by atoms with Crippen LogP contribution in [0.2, 0.25) is 0 Å². The van der Waals surface area contributed by atoms with Gasteiger partial charge in [0.05, 0.1) is 12.5 Å². The Kier molecular flexibility index (Phi) is 6.42. The Hall–Kier alpha value is -2.61. The number of fused-ring (bicyclic) bond motifs is 1. The highest BCUT2D eigenvalue weighted by Crippen LogP contribution is 2.37. The first-order valence-corrected chi connectivity index (χ1v) is 11.2. The van der Waals surface area contributed by atoms with Gasteiger partial charge < -0.3 is 15.0 Å². The van der Waals surface area contributed by atoms with Crippen LogP contribution in [0.4, 0.5) is 19.1 Å². The second-order valence-corrected chi connectivity index (χ2v) is 8.91. The van der Waals surface area contributed by atoms with Crippen molar-refractivity contribution in [3.63, 3.8) is 0 Å². The van der Waals surface area contributed by atoms with Gasteiger partial charge in [-0.2, -0.15) is 18.2 Å². The van der Waals surface area contributed by atoms with Crippen molar-refractivity contribution >= 4 is 17.0 Å². The van der Waals surface area contributed by atoms with Crippen LogP contribution in [0.5, 0.6) is 0 Å². The number of hydrogen-bond acceptors (Lipinski definition) is 4. The zero-order valence-electron chi connectivity index (χ0n) is 18.4. The van der Waals surface area contributed by atoms with E-state index >= 15 is 0 Å². The first kappa shape index (κ1) is 22.6. The number of aliphatic hydroxyl groups is 1. The van der Waals surface area contributed by atoms with Crippen LogP contribution < -0.4 is 5.32 Å². The summed E-state index contributed by atoms with van der Waals surface area (Å²) in [5.41, 5.74) is 4.02. The number of benzene rings is 1. The molecule has 2 heterocycles. The molecule has 0 atom stereocenters. The van der Waals surface area contributed by atoms with Gasteiger partial charge in [0.1, 0.15) is 5.65 Å². The van der Waals surface area contributed by atoms with Gasteiger partial charge in [0.2, 0.25) is 5.95 Å². The van der Waals surface area contributed by atoms with Crippen molar-refractivity contribution in [1.82, 2.24) is 14.5 Å². The molecule has 32 heavy (non-hydrogen) atoms. The lowest BCUT2D eigenvalue weighted by Gasteiger charge is -2.27. The average molecular weight is 447 g/mol. The summed E-state index contributed by atoms with van der Waals surface area (Å²) >= 11 is 0. The molecule has 0 spiro atoms. The van der Waals surface area contributed by atoms with Gasteiger partial charge in [-0.05, 0) is 42.7 Å². The predicted molar refractivity (Wildman–Crippen MR) is 120 cm³/mol. The number of alkyl halides is 3. The monoisotopic (exact) mass is 446 g/mol. The van der Waals surface area contributed by atoms with Crippen molar-refractivity contribution in [3.05, 3.63) is 42.2 Å². The van der Waals surface area contributed by atoms with Crippen LogP contribution in [-0.4, -0.2) is 38.5 Å². The highest BCUT2D eigenvalue weighted by Gasteiger charge is 2.27. The summed E-state index contributed by atoms with van der Waals surface area (Å²) in [6.45, 7) is 4.04. The number of aromatic nitrogens is 3. The zero-order chi connectivity index (χ0) is 22.9. The van der Waals surface area contributed by atoms with Crippen LogP contribution in [-0.2, 0) is 0 Å². The van der Waals surface area contributed by atoms with E-state index in [4.69, 9.17) is 0 Å². The van der Waals surface area contributed by atoms with E-state index in [2.05, 4.69) is 64.2 Å². The summed E-state index contributed by atoms with van der Waals surface area (Å²) in [7, 11) is 0. The molecule has 0 unspecified atom stereocenters. The van der Waals surface area contributed by atoms with Crippen LogP contribution in [0.15, 0.2) is 36.7 Å². The van der Waals surface area contributed by atoms with Crippen molar-refractivity contribution in [2.75, 3.05) is 11.9 Å². The molecule has 1 aliphatic carbocycles. The van der Waals surface area contributed by atoms with Crippen LogP contribution in [0.1, 0.15) is 63.5 Å². The van der Waals surface area contributed by atoms with Gasteiger partial charge in [-0.25, -0.2) is 4.98 Å². The van der Waals surface area contributed by atoms with Gasteiger partial charge in [0.15, 0.2) is 0 Å². The molecule has 0 bridgehead atoms. The molecule has 2 aromatic heterocycles. The molecule has 4 rings (SSSR count). The summed E-state index contributed by atoms with van der Waals surface area (Å²) in [4.78, 5) is 8.88. The third-order valence-corrected chi connectivity index (χ3v) is 6.21. The molecule has 1 aromatic carbocycles. The SMILES string of the molecule is CC(C)c1ccc(-c2cn(C3CCC(O)CC3)c3nc(NCCC(F)(F)F)ncc23)cc1. The van der Waals surface area contributed by atoms with E-state index < -0.39 is 12.6 Å². The molecule has 5 nitrogen and oxygen atoms in total. The van der Waals surface area contributed by atoms with Crippen LogP contribution >= 0.6 is 0 Å². The highest BCUT2D eigenvalue weighted by molar-refractivity contribution is 5.94. The summed E-state index contributed by atoms with van der Waals surface area (Å²) < 4.78 is 39.7. The van der Waals surface area contributed by atoms with Crippen molar-refractivity contribution in [2.45, 2.75) is 70.2 Å². The average Bonchev–Trinajstić information content (AvgIpc) is 3.12. The molecule has 1 fully saturated rings. The fraction of sp³-hybridized carbons (Fsp3) is 0.500. The second kappa shape index (κ2) is 9.10. The minimum atomic E-state index is -4.23. The van der Waals surface area contributed by atoms with Gasteiger partial charge in [-0.3, -0.25) is 0 Å². The molecule has 0 amide bonds. The van der Waals surface area contributed by atoms with E-state index in [-0.39, 0.29) is 24.6 Å². The maximum atomic E-state index is 12.5. The smallest absolute Gasteiger partial charge is 0.390 e. The van der Waals surface area contributed by atoms with E-state index in [0.717, 1.165) is 42.2 Å². The lowest BCUT2D eigenvalue weighted by molar-refractivity contribution is -0.131. The molecule has 0 saturated heterocycles. The number of nitrogens with one attached hydrogen (secondary N) is 1. The van der Waals surface area contributed by atoms with E-state index in [1.54, 1.807) is 6.20 Å². The Morgan fingerprint density at radius 2 is 1.81 bits per heavy atom.